The van der Waals surface area contributed by atoms with Gasteiger partial charge in [0.25, 0.3) is 5.56 Å². The van der Waals surface area contributed by atoms with Crippen LogP contribution in [-0.2, 0) is 24.9 Å². The first-order valence-corrected chi connectivity index (χ1v) is 11.2. The molecule has 178 valence electrons. The molecule has 1 saturated heterocycles. The van der Waals surface area contributed by atoms with Crippen molar-refractivity contribution in [1.29, 1.82) is 0 Å². The molecule has 0 aliphatic carbocycles. The van der Waals surface area contributed by atoms with Crippen LogP contribution in [0.15, 0.2) is 34.1 Å². The maximum absolute atomic E-state index is 13.5. The molecule has 1 aliphatic heterocycles. The van der Waals surface area contributed by atoms with E-state index in [1.165, 1.54) is 4.57 Å². The van der Waals surface area contributed by atoms with E-state index in [0.717, 1.165) is 29.6 Å². The monoisotopic (exact) mass is 464 g/mol. The first kappa shape index (κ1) is 23.3. The minimum absolute atomic E-state index is 0.00488. The van der Waals surface area contributed by atoms with E-state index in [0.29, 0.717) is 12.5 Å². The van der Waals surface area contributed by atoms with Crippen molar-refractivity contribution in [2.45, 2.75) is 38.9 Å². The molecule has 0 spiro atoms. The molecule has 11 nitrogen and oxygen atoms in total. The number of carbonyl (C=O) groups excluding carboxylic acids is 1. The number of rotatable bonds is 7. The number of hydrogen-bond acceptors (Lipinski definition) is 8. The second-order valence-electron chi connectivity index (χ2n) is 8.31. The van der Waals surface area contributed by atoms with Crippen LogP contribution in [0.4, 0.5) is 11.6 Å². The third kappa shape index (κ3) is 4.58. The van der Waals surface area contributed by atoms with Gasteiger partial charge in [-0.25, -0.2) is 4.79 Å². The highest BCUT2D eigenvalue weighted by Gasteiger charge is 2.26. The van der Waals surface area contributed by atoms with E-state index in [4.69, 9.17) is 5.73 Å². The highest BCUT2D eigenvalue weighted by Crippen LogP contribution is 2.22. The van der Waals surface area contributed by atoms with Crippen molar-refractivity contribution in [2.24, 2.45) is 12.8 Å². The second-order valence-corrected chi connectivity index (χ2v) is 8.31. The van der Waals surface area contributed by atoms with Crippen LogP contribution in [0.5, 0.6) is 0 Å². The molecule has 0 radical (unpaired) electrons. The van der Waals surface area contributed by atoms with Crippen molar-refractivity contribution in [3.63, 3.8) is 0 Å². The zero-order chi connectivity index (χ0) is 24.2. The summed E-state index contributed by atoms with van der Waals surface area (Å²) in [7, 11) is 1.55. The molecule has 4 rings (SSSR count). The maximum atomic E-state index is 13.5. The van der Waals surface area contributed by atoms with Crippen molar-refractivity contribution in [3.05, 3.63) is 45.4 Å². The summed E-state index contributed by atoms with van der Waals surface area (Å²) in [6.45, 7) is 2.92. The fraction of sp³-hybridized carbons (Fsp3) is 0.435. The smallest absolute Gasteiger partial charge is 0.332 e. The van der Waals surface area contributed by atoms with Gasteiger partial charge < -0.3 is 16.0 Å². The summed E-state index contributed by atoms with van der Waals surface area (Å²) in [6.07, 6.45) is 5.04. The largest absolute Gasteiger partial charge is 0.378 e. The molecule has 0 saturated carbocycles. The molecule has 1 fully saturated rings. The number of ketones is 1. The van der Waals surface area contributed by atoms with E-state index >= 15 is 0 Å². The number of hydrogen-bond donors (Lipinski definition) is 2. The molecule has 0 amide bonds. The fourth-order valence-electron chi connectivity index (χ4n) is 4.14. The molecule has 1 atom stereocenters. The number of aromatic nitrogens is 5. The summed E-state index contributed by atoms with van der Waals surface area (Å²) in [5, 5.41) is 2.98. The number of nitrogens with one attached hydrogen (secondary N) is 1. The molecule has 3 aromatic heterocycles. The van der Waals surface area contributed by atoms with Crippen molar-refractivity contribution < 1.29 is 4.79 Å². The SMILES string of the molecule is CC#CCn1c(N2CCCC(N)C2)nc2c1c(=O)n(CC(=O)CNc1ccncc1)c(=O)n2C. The number of pyridine rings is 1. The Morgan fingerprint density at radius 2 is 2.03 bits per heavy atom. The van der Waals surface area contributed by atoms with E-state index in [2.05, 4.69) is 27.1 Å². The van der Waals surface area contributed by atoms with Gasteiger partial charge in [0, 0.05) is 44.3 Å². The highest BCUT2D eigenvalue weighted by atomic mass is 16.2. The number of aryl methyl sites for hydroxylation is 1. The predicted octanol–water partition coefficient (Wildman–Crippen LogP) is -0.0763. The Kier molecular flexibility index (Phi) is 6.79. The van der Waals surface area contributed by atoms with Gasteiger partial charge in [0.05, 0.1) is 19.6 Å². The van der Waals surface area contributed by atoms with Gasteiger partial charge in [-0.3, -0.25) is 28.3 Å². The second kappa shape index (κ2) is 9.93. The van der Waals surface area contributed by atoms with Crippen LogP contribution in [0.3, 0.4) is 0 Å². The lowest BCUT2D eigenvalue weighted by atomic mass is 10.1. The summed E-state index contributed by atoms with van der Waals surface area (Å²) < 4.78 is 3.99. The Labute approximate surface area is 196 Å². The molecule has 3 aromatic rings. The summed E-state index contributed by atoms with van der Waals surface area (Å²) in [5.74, 6) is 6.09. The Balaban J connectivity index is 1.73. The standard InChI is InChI=1S/C23H28N8O3/c1-3-4-12-30-19-20(27-22(30)29-11-5-6-16(24)14-29)28(2)23(34)31(21(19)33)15-18(32)13-26-17-7-9-25-10-8-17/h7-10,16H,5-6,11-15,24H2,1-2H3,(H,25,26). The number of nitrogens with zero attached hydrogens (tertiary/aromatic N) is 6. The number of piperidine rings is 1. The molecule has 0 bridgehead atoms. The summed E-state index contributed by atoms with van der Waals surface area (Å²) in [4.78, 5) is 49.7. The molecule has 34 heavy (non-hydrogen) atoms. The third-order valence-corrected chi connectivity index (χ3v) is 5.87. The number of fused-ring (bicyclic) bond motifs is 1. The molecule has 3 N–H and O–H groups in total. The number of imidazole rings is 1. The van der Waals surface area contributed by atoms with E-state index in [-0.39, 0.29) is 42.6 Å². The Morgan fingerprint density at radius 3 is 2.74 bits per heavy atom. The summed E-state index contributed by atoms with van der Waals surface area (Å²) >= 11 is 0. The highest BCUT2D eigenvalue weighted by molar-refractivity contribution is 5.83. The first-order chi connectivity index (χ1) is 16.4. The minimum Gasteiger partial charge on any atom is -0.378 e. The van der Waals surface area contributed by atoms with Gasteiger partial charge in [0.1, 0.15) is 0 Å². The van der Waals surface area contributed by atoms with Gasteiger partial charge in [-0.2, -0.15) is 4.98 Å². The lowest BCUT2D eigenvalue weighted by Crippen LogP contribution is -2.44. The van der Waals surface area contributed by atoms with E-state index < -0.39 is 11.2 Å². The quantitative estimate of drug-likeness (QED) is 0.464. The van der Waals surface area contributed by atoms with Crippen molar-refractivity contribution in [3.8, 4) is 11.8 Å². The minimum atomic E-state index is -0.595. The van der Waals surface area contributed by atoms with Gasteiger partial charge in [-0.15, -0.1) is 5.92 Å². The van der Waals surface area contributed by atoms with Crippen LogP contribution in [0.2, 0.25) is 0 Å². The van der Waals surface area contributed by atoms with E-state index in [9.17, 15) is 14.4 Å². The average Bonchev–Trinajstić information content (AvgIpc) is 3.23. The molecular formula is C23H28N8O3. The van der Waals surface area contributed by atoms with Gasteiger partial charge in [0.2, 0.25) is 5.95 Å². The van der Waals surface area contributed by atoms with Gasteiger partial charge >= 0.3 is 5.69 Å². The van der Waals surface area contributed by atoms with Crippen molar-refractivity contribution in [2.75, 3.05) is 29.9 Å². The normalized spacial score (nSPS) is 15.7. The number of anilines is 2. The fourth-order valence-corrected chi connectivity index (χ4v) is 4.14. The molecule has 0 aromatic carbocycles. The van der Waals surface area contributed by atoms with Crippen LogP contribution < -0.4 is 27.2 Å². The van der Waals surface area contributed by atoms with Crippen LogP contribution in [0.1, 0.15) is 19.8 Å². The Morgan fingerprint density at radius 1 is 1.26 bits per heavy atom. The van der Waals surface area contributed by atoms with Gasteiger partial charge in [0.15, 0.2) is 16.9 Å². The van der Waals surface area contributed by atoms with Crippen LogP contribution in [0, 0.1) is 11.8 Å². The van der Waals surface area contributed by atoms with Crippen LogP contribution >= 0.6 is 0 Å². The topological polar surface area (TPSA) is 133 Å². The Bertz CT molecular complexity index is 1380. The lowest BCUT2D eigenvalue weighted by Gasteiger charge is -2.31. The number of carbonyl (C=O) groups is 1. The molecule has 1 unspecified atom stereocenters. The van der Waals surface area contributed by atoms with Crippen molar-refractivity contribution >= 4 is 28.6 Å². The summed E-state index contributed by atoms with van der Waals surface area (Å²) in [5.41, 5.74) is 6.24. The maximum Gasteiger partial charge on any atom is 0.332 e. The van der Waals surface area contributed by atoms with E-state index in [1.807, 2.05) is 4.90 Å². The zero-order valence-electron chi connectivity index (χ0n) is 19.3. The first-order valence-electron chi connectivity index (χ1n) is 11.2. The molecule has 1 aliphatic rings. The third-order valence-electron chi connectivity index (χ3n) is 5.87. The number of nitrogens with two attached hydrogens (primary N) is 1. The van der Waals surface area contributed by atoms with Crippen molar-refractivity contribution in [1.82, 2.24) is 23.7 Å². The number of Topliss-reactive ketones (excluding diaryl/α,β-unsaturated/α-hetero) is 1. The Hall–Kier alpha value is -3.91. The average molecular weight is 465 g/mol. The summed E-state index contributed by atoms with van der Waals surface area (Å²) in [6, 6.07) is 3.46. The predicted molar refractivity (Wildman–Crippen MR) is 130 cm³/mol. The molecular weight excluding hydrogens is 436 g/mol. The van der Waals surface area contributed by atoms with E-state index in [1.54, 1.807) is 43.1 Å². The zero-order valence-corrected chi connectivity index (χ0v) is 19.3. The van der Waals surface area contributed by atoms with Crippen LogP contribution in [0.25, 0.3) is 11.2 Å². The van der Waals surface area contributed by atoms with Gasteiger partial charge in [-0.05, 0) is 31.9 Å². The van der Waals surface area contributed by atoms with Crippen LogP contribution in [-0.4, -0.2) is 55.1 Å². The lowest BCUT2D eigenvalue weighted by molar-refractivity contribution is -0.118. The molecule has 11 heteroatoms. The van der Waals surface area contributed by atoms with Gasteiger partial charge in [-0.1, -0.05) is 5.92 Å². The molecule has 4 heterocycles.